The van der Waals surface area contributed by atoms with Gasteiger partial charge in [-0.25, -0.2) is 4.79 Å². The van der Waals surface area contributed by atoms with Crippen LogP contribution in [0.3, 0.4) is 0 Å². The van der Waals surface area contributed by atoms with Crippen molar-refractivity contribution in [2.75, 3.05) is 6.61 Å². The Morgan fingerprint density at radius 2 is 1.79 bits per heavy atom. The van der Waals surface area contributed by atoms with E-state index < -0.39 is 35.5 Å². The van der Waals surface area contributed by atoms with Crippen molar-refractivity contribution in [1.82, 2.24) is 0 Å². The van der Waals surface area contributed by atoms with Crippen molar-refractivity contribution < 1.29 is 31.9 Å². The molecule has 3 aromatic rings. The number of esters is 1. The van der Waals surface area contributed by atoms with E-state index in [0.717, 1.165) is 6.07 Å². The van der Waals surface area contributed by atoms with E-state index in [2.05, 4.69) is 0 Å². The van der Waals surface area contributed by atoms with Gasteiger partial charge in [0.15, 0.2) is 6.61 Å². The zero-order valence-corrected chi connectivity index (χ0v) is 15.6. The summed E-state index contributed by atoms with van der Waals surface area (Å²) in [7, 11) is 0. The zero-order valence-electron chi connectivity index (χ0n) is 15.6. The highest BCUT2D eigenvalue weighted by molar-refractivity contribution is 5.84. The number of rotatable bonds is 5. The van der Waals surface area contributed by atoms with E-state index in [0.29, 0.717) is 0 Å². The molecule has 0 atom stereocenters. The Balaban J connectivity index is 2.06. The number of ether oxygens (including phenoxy) is 2. The Labute approximate surface area is 163 Å². The largest absolute Gasteiger partial charge is 0.482 e. The molecule has 3 rings (SSSR count). The van der Waals surface area contributed by atoms with E-state index >= 15 is 0 Å². The number of fused-ring (bicyclic) bond motifs is 1. The van der Waals surface area contributed by atoms with Crippen LogP contribution in [0.2, 0.25) is 0 Å². The topological polar surface area (TPSA) is 65.7 Å². The third-order valence-corrected chi connectivity index (χ3v) is 3.91. The first-order valence-corrected chi connectivity index (χ1v) is 8.72. The summed E-state index contributed by atoms with van der Waals surface area (Å²) in [4.78, 5) is 24.4. The second-order valence-electron chi connectivity index (χ2n) is 6.48. The number of alkyl halides is 3. The minimum atomic E-state index is -4.88. The van der Waals surface area contributed by atoms with Gasteiger partial charge in [-0.1, -0.05) is 30.3 Å². The molecule has 1 aromatic heterocycles. The number of halogens is 3. The van der Waals surface area contributed by atoms with E-state index in [1.54, 1.807) is 19.9 Å². The van der Waals surface area contributed by atoms with Gasteiger partial charge in [-0.15, -0.1) is 0 Å². The molecule has 0 fully saturated rings. The Morgan fingerprint density at radius 1 is 1.10 bits per heavy atom. The van der Waals surface area contributed by atoms with E-state index in [9.17, 15) is 22.8 Å². The summed E-state index contributed by atoms with van der Waals surface area (Å²) in [6.45, 7) is 2.92. The van der Waals surface area contributed by atoms with E-state index in [1.165, 1.54) is 36.4 Å². The summed E-state index contributed by atoms with van der Waals surface area (Å²) in [6, 6.07) is 11.3. The molecule has 152 valence electrons. The lowest BCUT2D eigenvalue weighted by molar-refractivity contribution is -0.152. The first-order chi connectivity index (χ1) is 13.7. The first-order valence-electron chi connectivity index (χ1n) is 8.72. The molecule has 0 aliphatic rings. The highest BCUT2D eigenvalue weighted by Crippen LogP contribution is 2.37. The minimum absolute atomic E-state index is 0.0334. The third-order valence-electron chi connectivity index (χ3n) is 3.91. The van der Waals surface area contributed by atoms with Crippen LogP contribution >= 0.6 is 0 Å². The molecule has 0 aliphatic heterocycles. The van der Waals surface area contributed by atoms with Crippen molar-refractivity contribution in [3.8, 4) is 16.9 Å². The van der Waals surface area contributed by atoms with Crippen LogP contribution in [0.15, 0.2) is 57.7 Å². The monoisotopic (exact) mass is 406 g/mol. The van der Waals surface area contributed by atoms with Crippen molar-refractivity contribution in [1.29, 1.82) is 0 Å². The van der Waals surface area contributed by atoms with Crippen LogP contribution in [0, 0.1) is 0 Å². The number of carbonyl (C=O) groups excluding carboxylic acids is 1. The maximum absolute atomic E-state index is 13.6. The summed E-state index contributed by atoms with van der Waals surface area (Å²) >= 11 is 0. The average Bonchev–Trinajstić information content (AvgIpc) is 2.65. The molecular formula is C21H17F3O5. The van der Waals surface area contributed by atoms with Crippen molar-refractivity contribution in [3.05, 3.63) is 64.5 Å². The molecule has 0 unspecified atom stereocenters. The summed E-state index contributed by atoms with van der Waals surface area (Å²) in [6.07, 6.45) is -5.21. The maximum Gasteiger partial charge on any atom is 0.450 e. The molecule has 0 amide bonds. The van der Waals surface area contributed by atoms with E-state index in [-0.39, 0.29) is 28.4 Å². The molecule has 29 heavy (non-hydrogen) atoms. The van der Waals surface area contributed by atoms with Crippen LogP contribution in [0.25, 0.3) is 22.1 Å². The van der Waals surface area contributed by atoms with Gasteiger partial charge in [0.1, 0.15) is 11.3 Å². The van der Waals surface area contributed by atoms with Gasteiger partial charge in [-0.2, -0.15) is 13.2 Å². The van der Waals surface area contributed by atoms with Gasteiger partial charge in [0, 0.05) is 6.07 Å². The average molecular weight is 406 g/mol. The number of hydrogen-bond donors (Lipinski definition) is 0. The number of carbonyl (C=O) groups is 1. The molecule has 8 heteroatoms. The maximum atomic E-state index is 13.6. The van der Waals surface area contributed by atoms with Crippen LogP contribution < -0.4 is 10.2 Å². The summed E-state index contributed by atoms with van der Waals surface area (Å²) in [5.74, 6) is -1.95. The van der Waals surface area contributed by atoms with Gasteiger partial charge in [-0.3, -0.25) is 4.79 Å². The zero-order chi connectivity index (χ0) is 21.2. The van der Waals surface area contributed by atoms with Gasteiger partial charge in [-0.05, 0) is 31.5 Å². The van der Waals surface area contributed by atoms with E-state index in [1.807, 2.05) is 0 Å². The molecule has 1 heterocycles. The van der Waals surface area contributed by atoms with Gasteiger partial charge < -0.3 is 13.9 Å². The fourth-order valence-corrected chi connectivity index (χ4v) is 2.77. The van der Waals surface area contributed by atoms with Gasteiger partial charge >= 0.3 is 12.1 Å². The summed E-state index contributed by atoms with van der Waals surface area (Å²) in [5.41, 5.74) is -1.56. The number of benzene rings is 2. The number of hydrogen-bond acceptors (Lipinski definition) is 5. The van der Waals surface area contributed by atoms with Crippen molar-refractivity contribution >= 4 is 16.9 Å². The molecule has 0 aliphatic carbocycles. The molecule has 0 saturated heterocycles. The normalized spacial score (nSPS) is 11.7. The predicted molar refractivity (Wildman–Crippen MR) is 99.6 cm³/mol. The highest BCUT2D eigenvalue weighted by atomic mass is 19.4. The summed E-state index contributed by atoms with van der Waals surface area (Å²) < 4.78 is 56.0. The van der Waals surface area contributed by atoms with Gasteiger partial charge in [0.25, 0.3) is 0 Å². The van der Waals surface area contributed by atoms with Crippen LogP contribution in [-0.4, -0.2) is 18.7 Å². The molecule has 0 radical (unpaired) electrons. The molecule has 0 bridgehead atoms. The van der Waals surface area contributed by atoms with Crippen molar-refractivity contribution in [3.63, 3.8) is 0 Å². The predicted octanol–water partition coefficient (Wildman–Crippen LogP) is 4.81. The third kappa shape index (κ3) is 4.59. The Kier molecular flexibility index (Phi) is 5.63. The lowest BCUT2D eigenvalue weighted by atomic mass is 10.0. The Hall–Kier alpha value is -3.29. The van der Waals surface area contributed by atoms with Crippen LogP contribution in [0.5, 0.6) is 5.75 Å². The van der Waals surface area contributed by atoms with Crippen LogP contribution in [0.4, 0.5) is 13.2 Å². The molecule has 0 spiro atoms. The SMILES string of the molecule is CC(C)OC(=O)COc1ccc2c(=O)c(-c3ccccc3)c(C(F)(F)F)oc2c1. The van der Waals surface area contributed by atoms with Crippen LogP contribution in [0.1, 0.15) is 19.6 Å². The fourth-order valence-electron chi connectivity index (χ4n) is 2.77. The van der Waals surface area contributed by atoms with Crippen LogP contribution in [-0.2, 0) is 15.7 Å². The molecule has 0 saturated carbocycles. The first kappa shape index (κ1) is 20.4. The van der Waals surface area contributed by atoms with E-state index in [4.69, 9.17) is 13.9 Å². The molecular weight excluding hydrogens is 389 g/mol. The Bertz CT molecular complexity index is 1090. The second-order valence-corrected chi connectivity index (χ2v) is 6.48. The Morgan fingerprint density at radius 3 is 2.41 bits per heavy atom. The van der Waals surface area contributed by atoms with Crippen molar-refractivity contribution in [2.24, 2.45) is 0 Å². The van der Waals surface area contributed by atoms with Gasteiger partial charge in [0.05, 0.1) is 17.1 Å². The molecule has 0 N–H and O–H groups in total. The van der Waals surface area contributed by atoms with Crippen molar-refractivity contribution in [2.45, 2.75) is 26.1 Å². The molecule has 5 nitrogen and oxygen atoms in total. The lowest BCUT2D eigenvalue weighted by Crippen LogP contribution is -2.19. The summed E-state index contributed by atoms with van der Waals surface area (Å²) in [5, 5.41) is -0.0334. The lowest BCUT2D eigenvalue weighted by Gasteiger charge is -2.13. The highest BCUT2D eigenvalue weighted by Gasteiger charge is 2.39. The molecule has 2 aromatic carbocycles. The quantitative estimate of drug-likeness (QED) is 0.569. The minimum Gasteiger partial charge on any atom is -0.482 e. The second kappa shape index (κ2) is 7.98. The fraction of sp³-hybridized carbons (Fsp3) is 0.238. The van der Waals surface area contributed by atoms with Gasteiger partial charge in [0.2, 0.25) is 11.2 Å². The standard InChI is InChI=1S/C21H17F3O5/c1-12(2)28-17(25)11-27-14-8-9-15-16(10-14)29-20(21(22,23)24)18(19(15)26)13-6-4-3-5-7-13/h3-10,12H,11H2,1-2H3. The smallest absolute Gasteiger partial charge is 0.450 e.